The number of nitrogens with zero attached hydrogens (tertiary/aromatic N) is 5. The van der Waals surface area contributed by atoms with E-state index in [0.717, 1.165) is 5.69 Å². The number of aromatic nitrogens is 3. The Hall–Kier alpha value is -2.67. The van der Waals surface area contributed by atoms with Gasteiger partial charge in [-0.25, -0.2) is 8.42 Å². The summed E-state index contributed by atoms with van der Waals surface area (Å²) in [6.45, 7) is 6.23. The summed E-state index contributed by atoms with van der Waals surface area (Å²) >= 11 is 1.30. The summed E-state index contributed by atoms with van der Waals surface area (Å²) < 4.78 is 29.2. The molecule has 0 bridgehead atoms. The minimum Gasteiger partial charge on any atom is -0.270 e. The molecular formula is C21H23N5O2S2. The van der Waals surface area contributed by atoms with E-state index in [1.807, 2.05) is 54.8 Å². The van der Waals surface area contributed by atoms with E-state index in [4.69, 9.17) is 0 Å². The average molecular weight is 442 g/mol. The minimum atomic E-state index is -3.60. The Labute approximate surface area is 181 Å². The topological polar surface area (TPSA) is 91.9 Å². The molecule has 0 N–H and O–H groups in total. The molecule has 1 heterocycles. The van der Waals surface area contributed by atoms with E-state index in [0.29, 0.717) is 29.6 Å². The highest BCUT2D eigenvalue weighted by atomic mass is 32.2. The lowest BCUT2D eigenvalue weighted by Gasteiger charge is -2.19. The molecule has 0 aliphatic carbocycles. The molecule has 0 saturated carbocycles. The van der Waals surface area contributed by atoms with Gasteiger partial charge in [-0.3, -0.25) is 4.57 Å². The predicted octanol–water partition coefficient (Wildman–Crippen LogP) is 3.97. The van der Waals surface area contributed by atoms with Crippen molar-refractivity contribution in [1.29, 1.82) is 5.26 Å². The van der Waals surface area contributed by atoms with Gasteiger partial charge in [0.2, 0.25) is 10.0 Å². The zero-order valence-electron chi connectivity index (χ0n) is 17.1. The van der Waals surface area contributed by atoms with Gasteiger partial charge in [-0.2, -0.15) is 9.57 Å². The molecule has 3 rings (SSSR count). The molecule has 9 heteroatoms. The predicted molar refractivity (Wildman–Crippen MR) is 118 cm³/mol. The van der Waals surface area contributed by atoms with Crippen LogP contribution in [-0.2, 0) is 10.0 Å². The normalized spacial score (nSPS) is 12.6. The average Bonchev–Trinajstić information content (AvgIpc) is 3.18. The van der Waals surface area contributed by atoms with Crippen molar-refractivity contribution in [2.24, 2.45) is 0 Å². The van der Waals surface area contributed by atoms with Crippen LogP contribution in [-0.4, -0.2) is 45.8 Å². The van der Waals surface area contributed by atoms with Crippen LogP contribution < -0.4 is 0 Å². The van der Waals surface area contributed by atoms with Gasteiger partial charge in [-0.1, -0.05) is 55.9 Å². The standard InChI is InChI=1S/C21H23N5O2S2/c1-4-25(5-2)30(27,28)19-13-9-10-17(14-19)20-23-24-21(29-16(3)15-22)26(20)18-11-7-6-8-12-18/h6-14,16H,4-5H2,1-3H3. The van der Waals surface area contributed by atoms with E-state index in [2.05, 4.69) is 16.3 Å². The molecule has 2 aromatic carbocycles. The Bertz CT molecular complexity index is 1150. The molecular weight excluding hydrogens is 418 g/mol. The van der Waals surface area contributed by atoms with Gasteiger partial charge >= 0.3 is 0 Å². The first-order valence-corrected chi connectivity index (χ1v) is 11.9. The maximum atomic E-state index is 13.0. The van der Waals surface area contributed by atoms with Gasteiger partial charge in [-0.05, 0) is 31.2 Å². The van der Waals surface area contributed by atoms with Gasteiger partial charge in [0.05, 0.1) is 16.2 Å². The third kappa shape index (κ3) is 4.41. The highest BCUT2D eigenvalue weighted by Crippen LogP contribution is 2.31. The maximum absolute atomic E-state index is 13.0. The van der Waals surface area contributed by atoms with Crippen LogP contribution in [0.5, 0.6) is 0 Å². The van der Waals surface area contributed by atoms with Gasteiger partial charge < -0.3 is 0 Å². The van der Waals surface area contributed by atoms with Crippen molar-refractivity contribution in [2.45, 2.75) is 36.1 Å². The third-order valence-electron chi connectivity index (χ3n) is 4.55. The lowest BCUT2D eigenvalue weighted by atomic mass is 10.2. The molecule has 7 nitrogen and oxygen atoms in total. The van der Waals surface area contributed by atoms with Crippen LogP contribution in [0.15, 0.2) is 64.6 Å². The van der Waals surface area contributed by atoms with Crippen molar-refractivity contribution in [3.63, 3.8) is 0 Å². The van der Waals surface area contributed by atoms with E-state index in [1.165, 1.54) is 16.1 Å². The highest BCUT2D eigenvalue weighted by Gasteiger charge is 2.24. The van der Waals surface area contributed by atoms with Gasteiger partial charge in [0.25, 0.3) is 0 Å². The summed E-state index contributed by atoms with van der Waals surface area (Å²) in [6.07, 6.45) is 0. The number of para-hydroxylation sites is 1. The summed E-state index contributed by atoms with van der Waals surface area (Å²) in [5.41, 5.74) is 1.47. The summed E-state index contributed by atoms with van der Waals surface area (Å²) in [5, 5.41) is 18.1. The van der Waals surface area contributed by atoms with Gasteiger partial charge in [0.15, 0.2) is 11.0 Å². The highest BCUT2D eigenvalue weighted by molar-refractivity contribution is 8.00. The first-order valence-electron chi connectivity index (χ1n) is 9.60. The second-order valence-corrected chi connectivity index (χ2v) is 9.73. The first kappa shape index (κ1) is 22.0. The number of nitriles is 1. The van der Waals surface area contributed by atoms with Crippen molar-refractivity contribution in [1.82, 2.24) is 19.1 Å². The molecule has 0 amide bonds. The van der Waals surface area contributed by atoms with E-state index in [1.54, 1.807) is 25.1 Å². The number of rotatable bonds is 8. The number of hydrogen-bond donors (Lipinski definition) is 0. The van der Waals surface area contributed by atoms with Crippen molar-refractivity contribution < 1.29 is 8.42 Å². The van der Waals surface area contributed by atoms with Crippen LogP contribution in [0.4, 0.5) is 0 Å². The lowest BCUT2D eigenvalue weighted by molar-refractivity contribution is 0.445. The molecule has 0 spiro atoms. The van der Waals surface area contributed by atoms with E-state index >= 15 is 0 Å². The Morgan fingerprint density at radius 3 is 2.43 bits per heavy atom. The molecule has 30 heavy (non-hydrogen) atoms. The zero-order chi connectivity index (χ0) is 21.7. The quantitative estimate of drug-likeness (QED) is 0.491. The van der Waals surface area contributed by atoms with Crippen LogP contribution in [0, 0.1) is 11.3 Å². The van der Waals surface area contributed by atoms with Crippen LogP contribution >= 0.6 is 11.8 Å². The SMILES string of the molecule is CCN(CC)S(=O)(=O)c1cccc(-c2nnc(SC(C)C#N)n2-c2ccccc2)c1. The minimum absolute atomic E-state index is 0.214. The zero-order valence-corrected chi connectivity index (χ0v) is 18.7. The summed E-state index contributed by atoms with van der Waals surface area (Å²) in [6, 6.07) is 18.5. The first-order chi connectivity index (χ1) is 14.4. The van der Waals surface area contributed by atoms with E-state index in [9.17, 15) is 13.7 Å². The fourth-order valence-electron chi connectivity index (χ4n) is 3.04. The van der Waals surface area contributed by atoms with Gasteiger partial charge in [-0.15, -0.1) is 10.2 Å². The number of thioether (sulfide) groups is 1. The lowest BCUT2D eigenvalue weighted by Crippen LogP contribution is -2.30. The molecule has 0 fully saturated rings. The van der Waals surface area contributed by atoms with E-state index in [-0.39, 0.29) is 10.1 Å². The van der Waals surface area contributed by atoms with Gasteiger partial charge in [0, 0.05) is 24.3 Å². The molecule has 1 atom stereocenters. The Morgan fingerprint density at radius 2 is 1.80 bits per heavy atom. The summed E-state index contributed by atoms with van der Waals surface area (Å²) in [4.78, 5) is 0.214. The Kier molecular flexibility index (Phi) is 6.92. The van der Waals surface area contributed by atoms with Gasteiger partial charge in [0.1, 0.15) is 0 Å². The largest absolute Gasteiger partial charge is 0.270 e. The molecule has 0 saturated heterocycles. The van der Waals surface area contributed by atoms with Crippen LogP contribution in [0.3, 0.4) is 0 Å². The third-order valence-corrected chi connectivity index (χ3v) is 7.53. The van der Waals surface area contributed by atoms with Crippen LogP contribution in [0.1, 0.15) is 20.8 Å². The number of sulfonamides is 1. The van der Waals surface area contributed by atoms with Crippen LogP contribution in [0.25, 0.3) is 17.1 Å². The molecule has 3 aromatic rings. The molecule has 1 aromatic heterocycles. The van der Waals surface area contributed by atoms with E-state index < -0.39 is 10.0 Å². The molecule has 0 aliphatic rings. The molecule has 156 valence electrons. The second kappa shape index (κ2) is 9.43. The monoisotopic (exact) mass is 441 g/mol. The number of benzene rings is 2. The summed E-state index contributed by atoms with van der Waals surface area (Å²) in [5.74, 6) is 0.519. The fraction of sp³-hybridized carbons (Fsp3) is 0.286. The molecule has 0 aliphatic heterocycles. The smallest absolute Gasteiger partial charge is 0.243 e. The Morgan fingerprint density at radius 1 is 1.10 bits per heavy atom. The fourth-order valence-corrected chi connectivity index (χ4v) is 5.29. The second-order valence-electron chi connectivity index (χ2n) is 6.48. The van der Waals surface area contributed by atoms with Crippen molar-refractivity contribution >= 4 is 21.8 Å². The van der Waals surface area contributed by atoms with Crippen LogP contribution in [0.2, 0.25) is 0 Å². The molecule has 1 unspecified atom stereocenters. The van der Waals surface area contributed by atoms with Crippen molar-refractivity contribution in [2.75, 3.05) is 13.1 Å². The maximum Gasteiger partial charge on any atom is 0.243 e. The number of hydrogen-bond acceptors (Lipinski definition) is 6. The summed E-state index contributed by atoms with van der Waals surface area (Å²) in [7, 11) is -3.60. The van der Waals surface area contributed by atoms with Crippen molar-refractivity contribution in [3.05, 3.63) is 54.6 Å². The van der Waals surface area contributed by atoms with Crippen molar-refractivity contribution in [3.8, 4) is 23.1 Å². The Balaban J connectivity index is 2.14. The molecule has 0 radical (unpaired) electrons.